The molecule has 0 radical (unpaired) electrons. The van der Waals surface area contributed by atoms with Crippen molar-refractivity contribution in [3.63, 3.8) is 0 Å². The first-order valence-electron chi connectivity index (χ1n) is 7.30. The molecule has 0 saturated carbocycles. The molecule has 2 rings (SSSR count). The van der Waals surface area contributed by atoms with E-state index in [0.717, 1.165) is 11.1 Å². The van der Waals surface area contributed by atoms with Gasteiger partial charge in [0.05, 0.1) is 18.2 Å². The van der Waals surface area contributed by atoms with E-state index in [1.54, 1.807) is 0 Å². The van der Waals surface area contributed by atoms with Crippen molar-refractivity contribution in [3.05, 3.63) is 35.9 Å². The third-order valence-corrected chi connectivity index (χ3v) is 3.26. The van der Waals surface area contributed by atoms with E-state index in [2.05, 4.69) is 10.1 Å². The number of carbonyl (C=O) groups excluding carboxylic acids is 1. The predicted molar refractivity (Wildman–Crippen MR) is 86.0 cm³/mol. The Kier molecular flexibility index (Phi) is 5.52. The van der Waals surface area contributed by atoms with E-state index in [0.29, 0.717) is 0 Å². The van der Waals surface area contributed by atoms with Crippen LogP contribution < -0.4 is 4.74 Å². The molecule has 2 heterocycles. The molecule has 11 heteroatoms. The number of Topliss-reactive ketones (excluding diaryl/α,β-unsaturated/α-hetero) is 1. The number of hydrogen-bond donors (Lipinski definition) is 1. The molecule has 0 amide bonds. The Morgan fingerprint density at radius 2 is 2.00 bits per heavy atom. The number of hydrogen-bond acceptors (Lipinski definition) is 7. The van der Waals surface area contributed by atoms with Crippen LogP contribution in [0.25, 0.3) is 16.8 Å². The number of pyridine rings is 1. The minimum Gasteiger partial charge on any atom is -0.481 e. The maximum atomic E-state index is 13.0. The second-order valence-corrected chi connectivity index (χ2v) is 5.43. The Morgan fingerprint density at radius 3 is 2.52 bits per heavy atom. The van der Waals surface area contributed by atoms with E-state index in [-0.39, 0.29) is 17.1 Å². The summed E-state index contributed by atoms with van der Waals surface area (Å²) in [5.41, 5.74) is -1.95. The highest BCUT2D eigenvalue weighted by Gasteiger charge is 2.44. The summed E-state index contributed by atoms with van der Waals surface area (Å²) in [6.45, 7) is 0. The van der Waals surface area contributed by atoms with Crippen molar-refractivity contribution in [1.82, 2.24) is 15.0 Å². The molecule has 1 N–H and O–H groups in total. The Labute approximate surface area is 150 Å². The number of halogens is 3. The van der Waals surface area contributed by atoms with Crippen molar-refractivity contribution in [2.45, 2.75) is 6.18 Å². The fraction of sp³-hybridized carbons (Fsp3) is 0.250. The van der Waals surface area contributed by atoms with Gasteiger partial charge in [0.1, 0.15) is 11.3 Å². The lowest BCUT2D eigenvalue weighted by Gasteiger charge is -2.11. The molecule has 0 spiro atoms. The highest BCUT2D eigenvalue weighted by molar-refractivity contribution is 6.24. The van der Waals surface area contributed by atoms with Gasteiger partial charge in [-0.1, -0.05) is 5.16 Å². The Balaban J connectivity index is 2.76. The minimum absolute atomic E-state index is 0.0138. The van der Waals surface area contributed by atoms with Gasteiger partial charge in [0.25, 0.3) is 5.78 Å². The zero-order valence-electron chi connectivity index (χ0n) is 14.4. The number of aromatic nitrogens is 2. The number of carbonyl (C=O) groups is 2. The van der Waals surface area contributed by atoms with Gasteiger partial charge in [-0.05, 0) is 12.1 Å². The van der Waals surface area contributed by atoms with Gasteiger partial charge in [0.15, 0.2) is 5.76 Å². The number of alkyl halides is 3. The largest absolute Gasteiger partial charge is 0.481 e. The number of aromatic carboxylic acids is 1. The monoisotopic (exact) mass is 385 g/mol. The molecule has 144 valence electrons. The lowest BCUT2D eigenvalue weighted by atomic mass is 10.0. The standard InChI is InChI=1S/C16H14F3N3O5/c1-22(2)7-9(13(23)16(17,18)19)12-10(15(24)25)11(21-27-12)8-5-4-6-20-14(8)26-3/h4-7H,1-3H3,(H,24,25)/b9-7-. The molecule has 0 aliphatic carbocycles. The SMILES string of the molecule is COc1ncccc1-c1noc(/C(=C/N(C)C)C(=O)C(F)(F)F)c1C(=O)O. The van der Waals surface area contributed by atoms with Crippen LogP contribution in [0, 0.1) is 0 Å². The smallest absolute Gasteiger partial charge is 0.455 e. The molecular formula is C16H14F3N3O5. The number of ketones is 1. The Morgan fingerprint density at radius 1 is 1.33 bits per heavy atom. The summed E-state index contributed by atoms with van der Waals surface area (Å²) in [7, 11) is 4.01. The van der Waals surface area contributed by atoms with E-state index >= 15 is 0 Å². The zero-order valence-corrected chi connectivity index (χ0v) is 14.4. The lowest BCUT2D eigenvalue weighted by molar-refractivity contribution is -0.164. The van der Waals surface area contributed by atoms with Crippen LogP contribution >= 0.6 is 0 Å². The molecule has 0 aromatic carbocycles. The van der Waals surface area contributed by atoms with Crippen LogP contribution in [-0.2, 0) is 4.79 Å². The third-order valence-electron chi connectivity index (χ3n) is 3.26. The van der Waals surface area contributed by atoms with Gasteiger partial charge in [0.2, 0.25) is 5.88 Å². The van der Waals surface area contributed by atoms with Crippen LogP contribution in [0.1, 0.15) is 16.1 Å². The van der Waals surface area contributed by atoms with E-state index in [9.17, 15) is 27.9 Å². The first-order chi connectivity index (χ1) is 12.6. The molecule has 0 atom stereocenters. The molecule has 0 aliphatic rings. The number of ether oxygens (including phenoxy) is 1. The third kappa shape index (κ3) is 4.07. The summed E-state index contributed by atoms with van der Waals surface area (Å²) in [6, 6.07) is 2.86. The van der Waals surface area contributed by atoms with Crippen LogP contribution in [0.5, 0.6) is 5.88 Å². The Bertz CT molecular complexity index is 903. The summed E-state index contributed by atoms with van der Waals surface area (Å²) >= 11 is 0. The Hall–Kier alpha value is -3.37. The summed E-state index contributed by atoms with van der Waals surface area (Å²) in [4.78, 5) is 28.6. The number of allylic oxidation sites excluding steroid dienone is 1. The van der Waals surface area contributed by atoms with Crippen molar-refractivity contribution in [2.24, 2.45) is 0 Å². The normalized spacial score (nSPS) is 12.0. The summed E-state index contributed by atoms with van der Waals surface area (Å²) in [6.07, 6.45) is -3.06. The average molecular weight is 385 g/mol. The molecule has 0 bridgehead atoms. The van der Waals surface area contributed by atoms with E-state index < -0.39 is 34.8 Å². The molecule has 0 aliphatic heterocycles. The maximum Gasteiger partial charge on any atom is 0.455 e. The van der Waals surface area contributed by atoms with Gasteiger partial charge in [-0.2, -0.15) is 13.2 Å². The van der Waals surface area contributed by atoms with Crippen molar-refractivity contribution in [2.75, 3.05) is 21.2 Å². The topological polar surface area (TPSA) is 106 Å². The number of methoxy groups -OCH3 is 1. The molecular weight excluding hydrogens is 371 g/mol. The quantitative estimate of drug-likeness (QED) is 0.756. The van der Waals surface area contributed by atoms with Crippen LogP contribution in [-0.4, -0.2) is 59.3 Å². The van der Waals surface area contributed by atoms with E-state index in [1.165, 1.54) is 39.5 Å². The summed E-state index contributed by atoms with van der Waals surface area (Å²) in [5, 5.41) is 13.1. The average Bonchev–Trinajstić information content (AvgIpc) is 3.02. The summed E-state index contributed by atoms with van der Waals surface area (Å²) < 4.78 is 48.8. The van der Waals surface area contributed by atoms with Gasteiger partial charge in [0, 0.05) is 26.5 Å². The molecule has 0 saturated heterocycles. The predicted octanol–water partition coefficient (Wildman–Crippen LogP) is 2.48. The first-order valence-corrected chi connectivity index (χ1v) is 7.30. The highest BCUT2D eigenvalue weighted by Crippen LogP contribution is 2.36. The van der Waals surface area contributed by atoms with Crippen LogP contribution in [0.3, 0.4) is 0 Å². The number of nitrogens with zero attached hydrogens (tertiary/aromatic N) is 3. The van der Waals surface area contributed by atoms with Crippen LogP contribution in [0.15, 0.2) is 29.1 Å². The number of rotatable bonds is 6. The zero-order chi connectivity index (χ0) is 20.4. The first kappa shape index (κ1) is 19.9. The van der Waals surface area contributed by atoms with Gasteiger partial charge in [-0.25, -0.2) is 9.78 Å². The van der Waals surface area contributed by atoms with Gasteiger partial charge in [-0.15, -0.1) is 0 Å². The minimum atomic E-state index is -5.24. The van der Waals surface area contributed by atoms with Crippen molar-refractivity contribution in [1.29, 1.82) is 0 Å². The molecule has 8 nitrogen and oxygen atoms in total. The highest BCUT2D eigenvalue weighted by atomic mass is 19.4. The molecule has 0 fully saturated rings. The van der Waals surface area contributed by atoms with Gasteiger partial charge >= 0.3 is 12.1 Å². The lowest BCUT2D eigenvalue weighted by Crippen LogP contribution is -2.25. The second-order valence-electron chi connectivity index (χ2n) is 5.43. The fourth-order valence-corrected chi connectivity index (χ4v) is 2.22. The number of carboxylic acid groups (broad SMARTS) is 1. The van der Waals surface area contributed by atoms with Crippen molar-refractivity contribution >= 4 is 17.3 Å². The van der Waals surface area contributed by atoms with E-state index in [4.69, 9.17) is 9.26 Å². The molecule has 27 heavy (non-hydrogen) atoms. The van der Waals surface area contributed by atoms with E-state index in [1.807, 2.05) is 0 Å². The maximum absolute atomic E-state index is 13.0. The second kappa shape index (κ2) is 7.48. The van der Waals surface area contributed by atoms with Crippen molar-refractivity contribution < 1.29 is 37.1 Å². The number of carboxylic acids is 1. The van der Waals surface area contributed by atoms with Crippen molar-refractivity contribution in [3.8, 4) is 17.1 Å². The van der Waals surface area contributed by atoms with Crippen LogP contribution in [0.4, 0.5) is 13.2 Å². The molecule has 2 aromatic heterocycles. The molecule has 0 unspecified atom stereocenters. The molecule has 2 aromatic rings. The van der Waals surface area contributed by atoms with Gasteiger partial charge < -0.3 is 19.3 Å². The van der Waals surface area contributed by atoms with Gasteiger partial charge in [-0.3, -0.25) is 4.79 Å². The fourth-order valence-electron chi connectivity index (χ4n) is 2.22. The summed E-state index contributed by atoms with van der Waals surface area (Å²) in [5.74, 6) is -4.73. The van der Waals surface area contributed by atoms with Crippen LogP contribution in [0.2, 0.25) is 0 Å².